The zero-order chi connectivity index (χ0) is 11.1. The average molecular weight is 198 g/mol. The number of hydrogen-bond donors (Lipinski definition) is 0. The van der Waals surface area contributed by atoms with Gasteiger partial charge in [0.25, 0.3) is 0 Å². The Morgan fingerprint density at radius 3 is 1.71 bits per heavy atom. The van der Waals surface area contributed by atoms with Gasteiger partial charge in [-0.2, -0.15) is 0 Å². The summed E-state index contributed by atoms with van der Waals surface area (Å²) in [5.41, 5.74) is 0. The molecule has 0 heteroatoms. The minimum absolute atomic E-state index is 0.861. The first-order valence-electron chi connectivity index (χ1n) is 6.51. The van der Waals surface area contributed by atoms with E-state index < -0.39 is 0 Å². The Bertz CT molecular complexity index is 126. The molecule has 0 fully saturated rings. The third-order valence-electron chi connectivity index (χ3n) is 3.55. The third kappa shape index (κ3) is 5.67. The van der Waals surface area contributed by atoms with Crippen molar-refractivity contribution in [3.63, 3.8) is 0 Å². The van der Waals surface area contributed by atoms with Crippen LogP contribution in [0, 0.1) is 23.7 Å². The van der Waals surface area contributed by atoms with Crippen molar-refractivity contribution in [3.05, 3.63) is 0 Å². The summed E-state index contributed by atoms with van der Waals surface area (Å²) in [6.07, 6.45) is 5.53. The molecule has 86 valence electrons. The summed E-state index contributed by atoms with van der Waals surface area (Å²) in [7, 11) is 0. The summed E-state index contributed by atoms with van der Waals surface area (Å²) in [6.45, 7) is 14.2. The van der Waals surface area contributed by atoms with E-state index in [9.17, 15) is 0 Å². The van der Waals surface area contributed by atoms with Crippen LogP contribution >= 0.6 is 0 Å². The molecule has 0 amide bonds. The second-order valence-electron chi connectivity index (χ2n) is 5.52. The second-order valence-corrected chi connectivity index (χ2v) is 5.52. The Morgan fingerprint density at radius 2 is 1.36 bits per heavy atom. The SMILES string of the molecule is CCC(C)C(CC)CC(C)CC(C)C. The second kappa shape index (κ2) is 7.31. The highest BCUT2D eigenvalue weighted by Crippen LogP contribution is 2.28. The molecule has 0 heterocycles. The zero-order valence-electron chi connectivity index (χ0n) is 11.1. The van der Waals surface area contributed by atoms with Crippen molar-refractivity contribution in [2.45, 2.75) is 67.2 Å². The first-order chi connectivity index (χ1) is 6.51. The van der Waals surface area contributed by atoms with Crippen molar-refractivity contribution in [1.82, 2.24) is 0 Å². The van der Waals surface area contributed by atoms with Gasteiger partial charge in [-0.1, -0.05) is 54.4 Å². The molecular weight excluding hydrogens is 168 g/mol. The third-order valence-corrected chi connectivity index (χ3v) is 3.55. The van der Waals surface area contributed by atoms with E-state index >= 15 is 0 Å². The van der Waals surface area contributed by atoms with Gasteiger partial charge in [0, 0.05) is 0 Å². The molecule has 0 aliphatic rings. The van der Waals surface area contributed by atoms with E-state index in [0.717, 1.165) is 23.7 Å². The van der Waals surface area contributed by atoms with Crippen molar-refractivity contribution in [1.29, 1.82) is 0 Å². The molecule has 0 aromatic carbocycles. The van der Waals surface area contributed by atoms with Crippen LogP contribution < -0.4 is 0 Å². The Kier molecular flexibility index (Phi) is 7.31. The van der Waals surface area contributed by atoms with E-state index in [-0.39, 0.29) is 0 Å². The Balaban J connectivity index is 3.91. The molecule has 0 aliphatic heterocycles. The van der Waals surface area contributed by atoms with E-state index in [1.807, 2.05) is 0 Å². The highest BCUT2D eigenvalue weighted by molar-refractivity contribution is 4.68. The molecule has 14 heavy (non-hydrogen) atoms. The van der Waals surface area contributed by atoms with Crippen LogP contribution in [0.15, 0.2) is 0 Å². The molecule has 3 unspecified atom stereocenters. The van der Waals surface area contributed by atoms with Crippen molar-refractivity contribution in [2.75, 3.05) is 0 Å². The van der Waals surface area contributed by atoms with Crippen LogP contribution in [-0.4, -0.2) is 0 Å². The summed E-state index contributed by atoms with van der Waals surface area (Å²) < 4.78 is 0. The van der Waals surface area contributed by atoms with Gasteiger partial charge in [0.2, 0.25) is 0 Å². The quantitative estimate of drug-likeness (QED) is 0.532. The highest BCUT2D eigenvalue weighted by atomic mass is 14.2. The predicted octanol–water partition coefficient (Wildman–Crippen LogP) is 5.13. The highest BCUT2D eigenvalue weighted by Gasteiger charge is 2.17. The summed E-state index contributed by atoms with van der Waals surface area (Å²) >= 11 is 0. The smallest absolute Gasteiger partial charge is 0.0389 e. The predicted molar refractivity (Wildman–Crippen MR) is 66.5 cm³/mol. The molecule has 0 nitrogen and oxygen atoms in total. The van der Waals surface area contributed by atoms with Crippen LogP contribution in [0.3, 0.4) is 0 Å². The van der Waals surface area contributed by atoms with Crippen LogP contribution in [0.25, 0.3) is 0 Å². The standard InChI is InChI=1S/C14H30/c1-7-13(6)14(8-2)10-12(5)9-11(3)4/h11-14H,7-10H2,1-6H3. The largest absolute Gasteiger partial charge is 0.0651 e. The summed E-state index contributed by atoms with van der Waals surface area (Å²) in [5.74, 6) is 3.64. The van der Waals surface area contributed by atoms with E-state index in [4.69, 9.17) is 0 Å². The molecule has 0 bridgehead atoms. The fourth-order valence-corrected chi connectivity index (χ4v) is 2.55. The summed E-state index contributed by atoms with van der Waals surface area (Å²) in [5, 5.41) is 0. The Labute approximate surface area is 91.5 Å². The number of hydrogen-bond acceptors (Lipinski definition) is 0. The fourth-order valence-electron chi connectivity index (χ4n) is 2.55. The van der Waals surface area contributed by atoms with Crippen LogP contribution in [0.5, 0.6) is 0 Å². The minimum atomic E-state index is 0.861. The molecule has 0 N–H and O–H groups in total. The van der Waals surface area contributed by atoms with Gasteiger partial charge in [-0.15, -0.1) is 0 Å². The van der Waals surface area contributed by atoms with Gasteiger partial charge in [0.05, 0.1) is 0 Å². The Hall–Kier alpha value is 0. The first-order valence-corrected chi connectivity index (χ1v) is 6.51. The van der Waals surface area contributed by atoms with Crippen molar-refractivity contribution < 1.29 is 0 Å². The van der Waals surface area contributed by atoms with E-state index in [1.165, 1.54) is 25.7 Å². The normalized spacial score (nSPS) is 18.2. The van der Waals surface area contributed by atoms with Gasteiger partial charge in [-0.3, -0.25) is 0 Å². The molecule has 0 aliphatic carbocycles. The number of rotatable bonds is 7. The van der Waals surface area contributed by atoms with Crippen molar-refractivity contribution >= 4 is 0 Å². The van der Waals surface area contributed by atoms with Crippen molar-refractivity contribution in [2.24, 2.45) is 23.7 Å². The molecule has 0 spiro atoms. The molecule has 0 aromatic rings. The van der Waals surface area contributed by atoms with E-state index in [0.29, 0.717) is 0 Å². The molecule has 0 rings (SSSR count). The monoisotopic (exact) mass is 198 g/mol. The van der Waals surface area contributed by atoms with E-state index in [2.05, 4.69) is 41.5 Å². The maximum Gasteiger partial charge on any atom is -0.0389 e. The Morgan fingerprint density at radius 1 is 0.786 bits per heavy atom. The lowest BCUT2D eigenvalue weighted by Crippen LogP contribution is -2.14. The minimum Gasteiger partial charge on any atom is -0.0651 e. The topological polar surface area (TPSA) is 0 Å². The molecule has 0 aromatic heterocycles. The lowest BCUT2D eigenvalue weighted by molar-refractivity contribution is 0.257. The van der Waals surface area contributed by atoms with Gasteiger partial charge < -0.3 is 0 Å². The summed E-state index contributed by atoms with van der Waals surface area (Å²) in [4.78, 5) is 0. The summed E-state index contributed by atoms with van der Waals surface area (Å²) in [6, 6.07) is 0. The van der Waals surface area contributed by atoms with Gasteiger partial charge >= 0.3 is 0 Å². The maximum atomic E-state index is 2.42. The van der Waals surface area contributed by atoms with E-state index in [1.54, 1.807) is 0 Å². The van der Waals surface area contributed by atoms with Gasteiger partial charge in [0.1, 0.15) is 0 Å². The van der Waals surface area contributed by atoms with Crippen molar-refractivity contribution in [3.8, 4) is 0 Å². The van der Waals surface area contributed by atoms with Crippen LogP contribution in [0.2, 0.25) is 0 Å². The van der Waals surface area contributed by atoms with Crippen LogP contribution in [-0.2, 0) is 0 Å². The molecule has 0 radical (unpaired) electrons. The maximum absolute atomic E-state index is 2.42. The lowest BCUT2D eigenvalue weighted by atomic mass is 9.81. The molecule has 3 atom stereocenters. The average Bonchev–Trinajstić information content (AvgIpc) is 2.11. The van der Waals surface area contributed by atoms with Gasteiger partial charge in [-0.05, 0) is 36.5 Å². The van der Waals surface area contributed by atoms with Crippen LogP contribution in [0.1, 0.15) is 67.2 Å². The molecule has 0 saturated heterocycles. The molecular formula is C14H30. The van der Waals surface area contributed by atoms with Gasteiger partial charge in [-0.25, -0.2) is 0 Å². The lowest BCUT2D eigenvalue weighted by Gasteiger charge is -2.25. The molecule has 0 saturated carbocycles. The zero-order valence-corrected chi connectivity index (χ0v) is 11.1. The van der Waals surface area contributed by atoms with Crippen LogP contribution in [0.4, 0.5) is 0 Å². The fraction of sp³-hybridized carbons (Fsp3) is 1.00. The van der Waals surface area contributed by atoms with Gasteiger partial charge in [0.15, 0.2) is 0 Å². The first kappa shape index (κ1) is 14.0.